The van der Waals surface area contributed by atoms with Gasteiger partial charge in [-0.1, -0.05) is 19.9 Å². The molecule has 0 aliphatic carbocycles. The van der Waals surface area contributed by atoms with Crippen molar-refractivity contribution in [3.05, 3.63) is 28.8 Å². The zero-order valence-corrected chi connectivity index (χ0v) is 18.0. The lowest BCUT2D eigenvalue weighted by Gasteiger charge is -2.35. The van der Waals surface area contributed by atoms with Gasteiger partial charge in [0.2, 0.25) is 5.91 Å². The molecule has 2 fully saturated rings. The van der Waals surface area contributed by atoms with Crippen LogP contribution in [0.15, 0.2) is 12.1 Å². The summed E-state index contributed by atoms with van der Waals surface area (Å²) < 4.78 is 11.2. The number of hydrogen-bond donors (Lipinski definition) is 0. The molecule has 1 aromatic rings. The van der Waals surface area contributed by atoms with Crippen LogP contribution in [-0.2, 0) is 16.1 Å². The minimum absolute atomic E-state index is 0.182. The molecule has 156 valence electrons. The third-order valence-electron chi connectivity index (χ3n) is 6.04. The number of benzene rings is 1. The lowest BCUT2D eigenvalue weighted by Crippen LogP contribution is -2.46. The first-order chi connectivity index (χ1) is 13.5. The molecule has 1 aromatic carbocycles. The highest BCUT2D eigenvalue weighted by molar-refractivity contribution is 5.79. The van der Waals surface area contributed by atoms with Crippen LogP contribution in [0.3, 0.4) is 0 Å². The van der Waals surface area contributed by atoms with E-state index in [1.165, 1.54) is 16.7 Å². The van der Waals surface area contributed by atoms with E-state index in [0.29, 0.717) is 31.6 Å². The highest BCUT2D eigenvalue weighted by Gasteiger charge is 2.29. The number of carbonyl (C=O) groups is 1. The zero-order chi connectivity index (χ0) is 20.1. The van der Waals surface area contributed by atoms with Gasteiger partial charge in [-0.25, -0.2) is 0 Å². The fraction of sp³-hybridized carbons (Fsp3) is 0.696. The Balaban J connectivity index is 1.59. The monoisotopic (exact) mass is 388 g/mol. The van der Waals surface area contributed by atoms with Gasteiger partial charge in [0.15, 0.2) is 0 Å². The first-order valence-electron chi connectivity index (χ1n) is 10.8. The van der Waals surface area contributed by atoms with Gasteiger partial charge in [0, 0.05) is 25.6 Å². The largest absolute Gasteiger partial charge is 0.494 e. The van der Waals surface area contributed by atoms with Gasteiger partial charge in [-0.05, 0) is 68.5 Å². The van der Waals surface area contributed by atoms with Gasteiger partial charge in [-0.15, -0.1) is 0 Å². The predicted octanol–water partition coefficient (Wildman–Crippen LogP) is 3.59. The van der Waals surface area contributed by atoms with Crippen LogP contribution in [-0.4, -0.2) is 61.7 Å². The molecule has 0 N–H and O–H groups in total. The third kappa shape index (κ3) is 5.06. The van der Waals surface area contributed by atoms with Crippen molar-refractivity contribution >= 4 is 5.91 Å². The SMILES string of the molecule is CCOc1cc(C)c(CN2CCC(C(=O)N3CCOCC3)CC2)cc1C(C)C. The Morgan fingerprint density at radius 2 is 1.86 bits per heavy atom. The Morgan fingerprint density at radius 3 is 2.46 bits per heavy atom. The smallest absolute Gasteiger partial charge is 0.225 e. The fourth-order valence-electron chi connectivity index (χ4n) is 4.27. The van der Waals surface area contributed by atoms with Crippen molar-refractivity contribution in [2.75, 3.05) is 46.0 Å². The Hall–Kier alpha value is -1.59. The summed E-state index contributed by atoms with van der Waals surface area (Å²) >= 11 is 0. The second-order valence-electron chi connectivity index (χ2n) is 8.39. The number of rotatable bonds is 6. The number of piperidine rings is 1. The number of amides is 1. The number of carbonyl (C=O) groups excluding carboxylic acids is 1. The molecule has 2 aliphatic rings. The average molecular weight is 389 g/mol. The van der Waals surface area contributed by atoms with Gasteiger partial charge in [-0.2, -0.15) is 0 Å². The molecule has 3 rings (SSSR count). The molecule has 28 heavy (non-hydrogen) atoms. The number of ether oxygens (including phenoxy) is 2. The van der Waals surface area contributed by atoms with Crippen LogP contribution in [0.1, 0.15) is 56.2 Å². The van der Waals surface area contributed by atoms with Crippen LogP contribution in [0.5, 0.6) is 5.75 Å². The van der Waals surface area contributed by atoms with Gasteiger partial charge < -0.3 is 14.4 Å². The van der Waals surface area contributed by atoms with E-state index < -0.39 is 0 Å². The zero-order valence-electron chi connectivity index (χ0n) is 18.0. The minimum Gasteiger partial charge on any atom is -0.494 e. The van der Waals surface area contributed by atoms with Gasteiger partial charge in [-0.3, -0.25) is 9.69 Å². The van der Waals surface area contributed by atoms with Gasteiger partial charge in [0.05, 0.1) is 19.8 Å². The Kier molecular flexibility index (Phi) is 7.36. The van der Waals surface area contributed by atoms with Gasteiger partial charge in [0.25, 0.3) is 0 Å². The summed E-state index contributed by atoms with van der Waals surface area (Å²) in [4.78, 5) is 17.2. The molecular formula is C23H36N2O3. The highest BCUT2D eigenvalue weighted by Crippen LogP contribution is 2.31. The van der Waals surface area contributed by atoms with E-state index in [1.807, 2.05) is 11.8 Å². The van der Waals surface area contributed by atoms with E-state index in [1.54, 1.807) is 0 Å². The third-order valence-corrected chi connectivity index (χ3v) is 6.04. The van der Waals surface area contributed by atoms with Crippen molar-refractivity contribution in [3.8, 4) is 5.75 Å². The topological polar surface area (TPSA) is 42.0 Å². The molecule has 1 amide bonds. The van der Waals surface area contributed by atoms with Crippen molar-refractivity contribution in [3.63, 3.8) is 0 Å². The van der Waals surface area contributed by atoms with Crippen molar-refractivity contribution in [1.82, 2.24) is 9.80 Å². The molecule has 0 unspecified atom stereocenters. The maximum atomic E-state index is 12.7. The van der Waals surface area contributed by atoms with Crippen molar-refractivity contribution in [2.24, 2.45) is 5.92 Å². The van der Waals surface area contributed by atoms with Crippen LogP contribution < -0.4 is 4.74 Å². The van der Waals surface area contributed by atoms with E-state index in [2.05, 4.69) is 37.8 Å². The molecule has 0 bridgehead atoms. The number of hydrogen-bond acceptors (Lipinski definition) is 4. The summed E-state index contributed by atoms with van der Waals surface area (Å²) in [7, 11) is 0. The standard InChI is InChI=1S/C23H36N2O3/c1-5-28-22-14-18(4)20(15-21(22)17(2)3)16-24-8-6-19(7-9-24)23(26)25-10-12-27-13-11-25/h14-15,17,19H,5-13,16H2,1-4H3. The second-order valence-corrected chi connectivity index (χ2v) is 8.39. The van der Waals surface area contributed by atoms with Gasteiger partial charge >= 0.3 is 0 Å². The summed E-state index contributed by atoms with van der Waals surface area (Å²) in [5.41, 5.74) is 3.96. The van der Waals surface area contributed by atoms with Crippen LogP contribution in [0.25, 0.3) is 0 Å². The lowest BCUT2D eigenvalue weighted by molar-refractivity contribution is -0.141. The minimum atomic E-state index is 0.182. The van der Waals surface area contributed by atoms with Crippen LogP contribution in [0, 0.1) is 12.8 Å². The average Bonchev–Trinajstić information content (AvgIpc) is 2.70. The molecule has 0 aromatic heterocycles. The lowest BCUT2D eigenvalue weighted by atomic mass is 9.93. The molecule has 0 radical (unpaired) electrons. The van der Waals surface area contributed by atoms with E-state index in [0.717, 1.165) is 51.3 Å². The molecule has 0 saturated carbocycles. The molecule has 2 heterocycles. The fourth-order valence-corrected chi connectivity index (χ4v) is 4.27. The Labute approximate surface area is 170 Å². The van der Waals surface area contributed by atoms with E-state index in [9.17, 15) is 4.79 Å². The summed E-state index contributed by atoms with van der Waals surface area (Å²) in [5, 5.41) is 0. The molecule has 5 nitrogen and oxygen atoms in total. The predicted molar refractivity (Wildman–Crippen MR) is 112 cm³/mol. The number of likely N-dealkylation sites (tertiary alicyclic amines) is 1. The summed E-state index contributed by atoms with van der Waals surface area (Å²) in [5.74, 6) is 1.98. The Morgan fingerprint density at radius 1 is 1.18 bits per heavy atom. The van der Waals surface area contributed by atoms with E-state index in [-0.39, 0.29) is 5.92 Å². The van der Waals surface area contributed by atoms with Crippen molar-refractivity contribution < 1.29 is 14.3 Å². The van der Waals surface area contributed by atoms with Crippen LogP contribution >= 0.6 is 0 Å². The molecule has 5 heteroatoms. The second kappa shape index (κ2) is 9.75. The molecule has 0 spiro atoms. The number of morpholine rings is 1. The van der Waals surface area contributed by atoms with E-state index >= 15 is 0 Å². The summed E-state index contributed by atoms with van der Waals surface area (Å²) in [6.07, 6.45) is 1.92. The molecule has 2 aliphatic heterocycles. The first kappa shape index (κ1) is 21.1. The van der Waals surface area contributed by atoms with Crippen LogP contribution in [0.2, 0.25) is 0 Å². The maximum absolute atomic E-state index is 12.7. The highest BCUT2D eigenvalue weighted by atomic mass is 16.5. The summed E-state index contributed by atoms with van der Waals surface area (Å²) in [6, 6.07) is 4.53. The molecule has 2 saturated heterocycles. The van der Waals surface area contributed by atoms with Crippen molar-refractivity contribution in [1.29, 1.82) is 0 Å². The quantitative estimate of drug-likeness (QED) is 0.747. The number of aryl methyl sites for hydroxylation is 1. The summed E-state index contributed by atoms with van der Waals surface area (Å²) in [6.45, 7) is 15.2. The normalized spacial score (nSPS) is 19.2. The molecular weight excluding hydrogens is 352 g/mol. The maximum Gasteiger partial charge on any atom is 0.225 e. The molecule has 0 atom stereocenters. The van der Waals surface area contributed by atoms with Crippen molar-refractivity contribution in [2.45, 2.75) is 53.0 Å². The Bertz CT molecular complexity index is 660. The van der Waals surface area contributed by atoms with E-state index in [4.69, 9.17) is 9.47 Å². The number of nitrogens with zero attached hydrogens (tertiary/aromatic N) is 2. The van der Waals surface area contributed by atoms with Crippen LogP contribution in [0.4, 0.5) is 0 Å². The first-order valence-corrected chi connectivity index (χ1v) is 10.8. The van der Waals surface area contributed by atoms with Gasteiger partial charge in [0.1, 0.15) is 5.75 Å².